The van der Waals surface area contributed by atoms with E-state index in [9.17, 15) is 0 Å². The van der Waals surface area contributed by atoms with Crippen molar-refractivity contribution >= 4 is 5.95 Å². The van der Waals surface area contributed by atoms with E-state index < -0.39 is 0 Å². The Morgan fingerprint density at radius 1 is 0.906 bits per heavy atom. The van der Waals surface area contributed by atoms with Crippen LogP contribution in [0.15, 0.2) is 42.6 Å². The molecule has 5 rings (SSSR count). The van der Waals surface area contributed by atoms with Gasteiger partial charge < -0.3 is 19.9 Å². The highest BCUT2D eigenvalue weighted by Crippen LogP contribution is 2.27. The van der Waals surface area contributed by atoms with Gasteiger partial charge in [-0.15, -0.1) is 0 Å². The van der Waals surface area contributed by atoms with Gasteiger partial charge in [0, 0.05) is 62.7 Å². The Labute approximate surface area is 192 Å². The number of nitrogens with one attached hydrogen (secondary N) is 1. The standard InChI is InChI=1S/C26H37N5O/c1-2-4-21(5-3-1)7-14-30-15-8-23(9-16-30)28-24-10-17-31(20-24)26-27-13-6-25(29-26)22-11-18-32-19-12-22/h1-6,13,22-24,28H,7-12,14-20H2. The van der Waals surface area contributed by atoms with Crippen LogP contribution in [0.3, 0.4) is 0 Å². The summed E-state index contributed by atoms with van der Waals surface area (Å²) in [5.74, 6) is 1.43. The summed E-state index contributed by atoms with van der Waals surface area (Å²) >= 11 is 0. The quantitative estimate of drug-likeness (QED) is 0.721. The predicted molar refractivity (Wildman–Crippen MR) is 128 cm³/mol. The van der Waals surface area contributed by atoms with Crippen molar-refractivity contribution in [1.82, 2.24) is 20.2 Å². The number of ether oxygens (including phenoxy) is 1. The molecule has 0 aliphatic carbocycles. The van der Waals surface area contributed by atoms with Crippen LogP contribution in [0.5, 0.6) is 0 Å². The number of rotatable bonds is 7. The fourth-order valence-corrected chi connectivity index (χ4v) is 5.40. The Kier molecular flexibility index (Phi) is 7.31. The zero-order valence-electron chi connectivity index (χ0n) is 19.2. The van der Waals surface area contributed by atoms with Gasteiger partial charge in [0.25, 0.3) is 0 Å². The van der Waals surface area contributed by atoms with Crippen molar-refractivity contribution in [2.45, 2.75) is 56.5 Å². The van der Waals surface area contributed by atoms with Crippen LogP contribution in [0.25, 0.3) is 0 Å². The number of nitrogens with zero attached hydrogens (tertiary/aromatic N) is 4. The van der Waals surface area contributed by atoms with Crippen LogP contribution in [-0.2, 0) is 11.2 Å². The molecule has 3 aliphatic rings. The van der Waals surface area contributed by atoms with E-state index in [1.165, 1.54) is 50.2 Å². The molecule has 1 atom stereocenters. The third-order valence-electron chi connectivity index (χ3n) is 7.39. The maximum Gasteiger partial charge on any atom is 0.225 e. The van der Waals surface area contributed by atoms with Crippen molar-refractivity contribution in [3.8, 4) is 0 Å². The Morgan fingerprint density at radius 2 is 1.69 bits per heavy atom. The van der Waals surface area contributed by atoms with Crippen molar-refractivity contribution in [2.24, 2.45) is 0 Å². The van der Waals surface area contributed by atoms with Gasteiger partial charge in [0.15, 0.2) is 0 Å². The summed E-state index contributed by atoms with van der Waals surface area (Å²) in [6.45, 7) is 7.36. The number of likely N-dealkylation sites (tertiary alicyclic amines) is 1. The Hall–Kier alpha value is -2.02. The van der Waals surface area contributed by atoms with Gasteiger partial charge in [-0.25, -0.2) is 9.97 Å². The minimum atomic E-state index is 0.522. The highest BCUT2D eigenvalue weighted by molar-refractivity contribution is 5.33. The first-order chi connectivity index (χ1) is 15.8. The lowest BCUT2D eigenvalue weighted by Gasteiger charge is -2.34. The fraction of sp³-hybridized carbons (Fsp3) is 0.615. The minimum Gasteiger partial charge on any atom is -0.381 e. The average molecular weight is 436 g/mol. The highest BCUT2D eigenvalue weighted by Gasteiger charge is 2.28. The second-order valence-electron chi connectivity index (χ2n) is 9.62. The molecule has 0 amide bonds. The molecule has 3 fully saturated rings. The molecule has 172 valence electrons. The fourth-order valence-electron chi connectivity index (χ4n) is 5.40. The van der Waals surface area contributed by atoms with Gasteiger partial charge in [0.05, 0.1) is 0 Å². The summed E-state index contributed by atoms with van der Waals surface area (Å²) in [7, 11) is 0. The molecule has 1 aromatic heterocycles. The van der Waals surface area contributed by atoms with E-state index in [0.29, 0.717) is 18.0 Å². The molecule has 3 aliphatic heterocycles. The smallest absolute Gasteiger partial charge is 0.225 e. The van der Waals surface area contributed by atoms with E-state index >= 15 is 0 Å². The Bertz CT molecular complexity index is 833. The summed E-state index contributed by atoms with van der Waals surface area (Å²) in [6.07, 6.45) is 8.93. The van der Waals surface area contributed by atoms with E-state index in [2.05, 4.69) is 56.5 Å². The molecule has 32 heavy (non-hydrogen) atoms. The average Bonchev–Trinajstić information content (AvgIpc) is 3.33. The van der Waals surface area contributed by atoms with Gasteiger partial charge >= 0.3 is 0 Å². The van der Waals surface area contributed by atoms with Crippen LogP contribution in [0.2, 0.25) is 0 Å². The molecule has 0 spiro atoms. The molecule has 2 aromatic rings. The summed E-state index contributed by atoms with van der Waals surface area (Å²) in [5, 5.41) is 3.95. The molecule has 1 aromatic carbocycles. The van der Waals surface area contributed by atoms with Crippen LogP contribution in [0.4, 0.5) is 5.95 Å². The maximum absolute atomic E-state index is 5.51. The molecular formula is C26H37N5O. The Balaban J connectivity index is 1.06. The van der Waals surface area contributed by atoms with Crippen LogP contribution >= 0.6 is 0 Å². The monoisotopic (exact) mass is 435 g/mol. The second kappa shape index (κ2) is 10.7. The van der Waals surface area contributed by atoms with Gasteiger partial charge in [-0.05, 0) is 63.2 Å². The normalized spacial score (nSPS) is 23.6. The molecule has 3 saturated heterocycles. The molecule has 6 heteroatoms. The van der Waals surface area contributed by atoms with E-state index in [1.54, 1.807) is 0 Å². The molecule has 0 saturated carbocycles. The van der Waals surface area contributed by atoms with Crippen molar-refractivity contribution in [1.29, 1.82) is 0 Å². The van der Waals surface area contributed by atoms with Crippen molar-refractivity contribution in [3.05, 3.63) is 53.9 Å². The third kappa shape index (κ3) is 5.66. The van der Waals surface area contributed by atoms with E-state index in [-0.39, 0.29) is 0 Å². The largest absolute Gasteiger partial charge is 0.381 e. The summed E-state index contributed by atoms with van der Waals surface area (Å²) in [6, 6.07) is 14.1. The van der Waals surface area contributed by atoms with Crippen molar-refractivity contribution in [2.75, 3.05) is 50.8 Å². The number of benzene rings is 1. The molecule has 1 unspecified atom stereocenters. The van der Waals surface area contributed by atoms with Gasteiger partial charge in [-0.2, -0.15) is 0 Å². The number of piperidine rings is 1. The topological polar surface area (TPSA) is 53.5 Å². The van der Waals surface area contributed by atoms with Crippen LogP contribution in [0, 0.1) is 0 Å². The van der Waals surface area contributed by atoms with Gasteiger partial charge in [0.2, 0.25) is 5.95 Å². The predicted octanol–water partition coefficient (Wildman–Crippen LogP) is 3.25. The van der Waals surface area contributed by atoms with Crippen LogP contribution < -0.4 is 10.2 Å². The molecule has 1 N–H and O–H groups in total. The summed E-state index contributed by atoms with van der Waals surface area (Å²) in [5.41, 5.74) is 2.64. The van der Waals surface area contributed by atoms with E-state index in [4.69, 9.17) is 9.72 Å². The number of hydrogen-bond donors (Lipinski definition) is 1. The first-order valence-electron chi connectivity index (χ1n) is 12.5. The minimum absolute atomic E-state index is 0.522. The molecule has 4 heterocycles. The first-order valence-corrected chi connectivity index (χ1v) is 12.5. The number of anilines is 1. The number of hydrogen-bond acceptors (Lipinski definition) is 6. The molecule has 0 bridgehead atoms. The number of aromatic nitrogens is 2. The lowest BCUT2D eigenvalue weighted by Crippen LogP contribution is -2.47. The van der Waals surface area contributed by atoms with Crippen molar-refractivity contribution in [3.63, 3.8) is 0 Å². The lowest BCUT2D eigenvalue weighted by atomic mass is 9.96. The second-order valence-corrected chi connectivity index (χ2v) is 9.62. The first kappa shape index (κ1) is 21.8. The van der Waals surface area contributed by atoms with Gasteiger partial charge in [-0.1, -0.05) is 30.3 Å². The summed E-state index contributed by atoms with van der Waals surface area (Å²) < 4.78 is 5.51. The SMILES string of the molecule is c1ccc(CCN2CCC(NC3CCN(c4nccc(C5CCOCC5)n4)C3)CC2)cc1. The maximum atomic E-state index is 5.51. The van der Waals surface area contributed by atoms with Crippen LogP contribution in [0.1, 0.15) is 49.3 Å². The zero-order chi connectivity index (χ0) is 21.6. The molecule has 6 nitrogen and oxygen atoms in total. The Morgan fingerprint density at radius 3 is 2.50 bits per heavy atom. The van der Waals surface area contributed by atoms with Gasteiger partial charge in [0.1, 0.15) is 0 Å². The van der Waals surface area contributed by atoms with Crippen molar-refractivity contribution < 1.29 is 4.74 Å². The zero-order valence-corrected chi connectivity index (χ0v) is 19.2. The summed E-state index contributed by atoms with van der Waals surface area (Å²) in [4.78, 5) is 14.5. The third-order valence-corrected chi connectivity index (χ3v) is 7.39. The van der Waals surface area contributed by atoms with Crippen LogP contribution in [-0.4, -0.2) is 72.9 Å². The molecular weight excluding hydrogens is 398 g/mol. The highest BCUT2D eigenvalue weighted by atomic mass is 16.5. The lowest BCUT2D eigenvalue weighted by molar-refractivity contribution is 0.0845. The van der Waals surface area contributed by atoms with E-state index in [0.717, 1.165) is 51.5 Å². The van der Waals surface area contributed by atoms with Gasteiger partial charge in [-0.3, -0.25) is 0 Å². The molecule has 0 radical (unpaired) electrons. The van der Waals surface area contributed by atoms with E-state index in [1.807, 2.05) is 6.20 Å².